The van der Waals surface area contributed by atoms with Gasteiger partial charge >= 0.3 is 0 Å². The maximum absolute atomic E-state index is 13.0. The van der Waals surface area contributed by atoms with Crippen molar-refractivity contribution < 1.29 is 4.39 Å². The molecule has 0 N–H and O–H groups in total. The van der Waals surface area contributed by atoms with Crippen LogP contribution in [0.3, 0.4) is 0 Å². The van der Waals surface area contributed by atoms with Crippen molar-refractivity contribution in [2.75, 3.05) is 18.0 Å². The van der Waals surface area contributed by atoms with Crippen molar-refractivity contribution >= 4 is 5.82 Å². The third-order valence-corrected chi connectivity index (χ3v) is 3.75. The number of aromatic nitrogens is 1. The molecule has 0 bridgehead atoms. The van der Waals surface area contributed by atoms with Crippen LogP contribution in [0.25, 0.3) is 0 Å². The fourth-order valence-electron chi connectivity index (χ4n) is 3.00. The van der Waals surface area contributed by atoms with Crippen LogP contribution in [0.2, 0.25) is 0 Å². The number of rotatable bonds is 1. The van der Waals surface area contributed by atoms with Crippen molar-refractivity contribution in [2.45, 2.75) is 19.3 Å². The summed E-state index contributed by atoms with van der Waals surface area (Å²) < 4.78 is 13.0. The number of hydrogen-bond donors (Lipinski definition) is 0. The van der Waals surface area contributed by atoms with Crippen molar-refractivity contribution in [1.29, 1.82) is 0 Å². The predicted molar refractivity (Wildman–Crippen MR) is 57.2 cm³/mol. The van der Waals surface area contributed by atoms with Gasteiger partial charge in [-0.1, -0.05) is 12.5 Å². The molecule has 1 saturated carbocycles. The molecule has 1 aliphatic carbocycles. The lowest BCUT2D eigenvalue weighted by Gasteiger charge is -2.17. The fourth-order valence-corrected chi connectivity index (χ4v) is 3.00. The predicted octanol–water partition coefficient (Wildman–Crippen LogP) is 2.46. The summed E-state index contributed by atoms with van der Waals surface area (Å²) in [6.07, 6.45) is 4.06. The second-order valence-electron chi connectivity index (χ2n) is 4.67. The molecule has 1 aliphatic heterocycles. The van der Waals surface area contributed by atoms with E-state index in [-0.39, 0.29) is 5.95 Å². The van der Waals surface area contributed by atoms with E-state index < -0.39 is 0 Å². The van der Waals surface area contributed by atoms with Crippen LogP contribution in [-0.4, -0.2) is 18.1 Å². The Morgan fingerprint density at radius 2 is 1.93 bits per heavy atom. The van der Waals surface area contributed by atoms with Gasteiger partial charge in [0, 0.05) is 13.1 Å². The number of nitrogens with zero attached hydrogens (tertiary/aromatic N) is 2. The van der Waals surface area contributed by atoms with Crippen LogP contribution in [0, 0.1) is 17.8 Å². The van der Waals surface area contributed by atoms with Gasteiger partial charge in [0.25, 0.3) is 0 Å². The van der Waals surface area contributed by atoms with E-state index in [2.05, 4.69) is 9.88 Å². The van der Waals surface area contributed by atoms with Gasteiger partial charge in [0.2, 0.25) is 5.95 Å². The van der Waals surface area contributed by atoms with E-state index in [4.69, 9.17) is 0 Å². The van der Waals surface area contributed by atoms with Crippen molar-refractivity contribution in [2.24, 2.45) is 11.8 Å². The van der Waals surface area contributed by atoms with Crippen LogP contribution in [0.4, 0.5) is 10.2 Å². The first-order valence-corrected chi connectivity index (χ1v) is 5.70. The summed E-state index contributed by atoms with van der Waals surface area (Å²) in [4.78, 5) is 6.18. The highest BCUT2D eigenvalue weighted by Crippen LogP contribution is 2.38. The molecule has 0 aromatic carbocycles. The lowest BCUT2D eigenvalue weighted by atomic mass is 10.0. The molecule has 1 saturated heterocycles. The third-order valence-electron chi connectivity index (χ3n) is 3.75. The summed E-state index contributed by atoms with van der Waals surface area (Å²) in [5.74, 6) is 2.10. The topological polar surface area (TPSA) is 16.1 Å². The van der Waals surface area contributed by atoms with Gasteiger partial charge in [-0.15, -0.1) is 0 Å². The zero-order chi connectivity index (χ0) is 10.3. The summed E-state index contributed by atoms with van der Waals surface area (Å²) >= 11 is 0. The highest BCUT2D eigenvalue weighted by molar-refractivity contribution is 5.39. The average molecular weight is 206 g/mol. The van der Waals surface area contributed by atoms with E-state index in [1.165, 1.54) is 25.3 Å². The minimum Gasteiger partial charge on any atom is -0.356 e. The van der Waals surface area contributed by atoms with E-state index in [0.717, 1.165) is 30.7 Å². The molecule has 2 nitrogen and oxygen atoms in total. The Morgan fingerprint density at radius 3 is 2.60 bits per heavy atom. The van der Waals surface area contributed by atoms with E-state index >= 15 is 0 Å². The molecule has 3 rings (SSSR count). The Kier molecular flexibility index (Phi) is 2.11. The molecule has 2 atom stereocenters. The Bertz CT molecular complexity index is 354. The molecule has 15 heavy (non-hydrogen) atoms. The largest absolute Gasteiger partial charge is 0.356 e. The van der Waals surface area contributed by atoms with Crippen LogP contribution in [0.1, 0.15) is 19.3 Å². The van der Waals surface area contributed by atoms with Gasteiger partial charge in [-0.05, 0) is 36.8 Å². The summed E-state index contributed by atoms with van der Waals surface area (Å²) in [5.41, 5.74) is 0. The molecular weight excluding hydrogens is 191 g/mol. The average Bonchev–Trinajstić information content (AvgIpc) is 2.76. The van der Waals surface area contributed by atoms with Crippen LogP contribution < -0.4 is 4.90 Å². The summed E-state index contributed by atoms with van der Waals surface area (Å²) in [7, 11) is 0. The summed E-state index contributed by atoms with van der Waals surface area (Å²) in [6.45, 7) is 2.14. The van der Waals surface area contributed by atoms with Crippen LogP contribution in [-0.2, 0) is 0 Å². The first kappa shape index (κ1) is 9.13. The SMILES string of the molecule is Fc1cccc(N2CC3CCCC3C2)n1. The zero-order valence-electron chi connectivity index (χ0n) is 8.69. The number of hydrogen-bond acceptors (Lipinski definition) is 2. The van der Waals surface area contributed by atoms with E-state index in [0.29, 0.717) is 0 Å². The normalized spacial score (nSPS) is 29.5. The molecule has 2 aliphatic rings. The molecule has 1 aromatic heterocycles. The Labute approximate surface area is 89.1 Å². The maximum Gasteiger partial charge on any atom is 0.214 e. The Morgan fingerprint density at radius 1 is 1.20 bits per heavy atom. The first-order valence-electron chi connectivity index (χ1n) is 5.70. The molecule has 2 unspecified atom stereocenters. The van der Waals surface area contributed by atoms with Crippen LogP contribution in [0.15, 0.2) is 18.2 Å². The molecule has 3 heteroatoms. The second-order valence-corrected chi connectivity index (χ2v) is 4.67. The fraction of sp³-hybridized carbons (Fsp3) is 0.583. The first-order chi connectivity index (χ1) is 7.33. The zero-order valence-corrected chi connectivity index (χ0v) is 8.69. The van der Waals surface area contributed by atoms with E-state index in [1.807, 2.05) is 6.07 Å². The molecule has 0 amide bonds. The van der Waals surface area contributed by atoms with Gasteiger partial charge in [-0.2, -0.15) is 4.39 Å². The Hall–Kier alpha value is -1.12. The summed E-state index contributed by atoms with van der Waals surface area (Å²) in [5, 5.41) is 0. The molecule has 80 valence electrons. The second kappa shape index (κ2) is 3.47. The number of pyridine rings is 1. The monoisotopic (exact) mass is 206 g/mol. The quantitative estimate of drug-likeness (QED) is 0.656. The van der Waals surface area contributed by atoms with Crippen molar-refractivity contribution in [1.82, 2.24) is 4.98 Å². The Balaban J connectivity index is 1.79. The highest BCUT2D eigenvalue weighted by atomic mass is 19.1. The summed E-state index contributed by atoms with van der Waals surface area (Å²) in [6, 6.07) is 5.05. The smallest absolute Gasteiger partial charge is 0.214 e. The van der Waals surface area contributed by atoms with Crippen LogP contribution in [0.5, 0.6) is 0 Å². The van der Waals surface area contributed by atoms with Gasteiger partial charge < -0.3 is 4.90 Å². The number of fused-ring (bicyclic) bond motifs is 1. The molecule has 1 aromatic rings. The molecular formula is C12H15FN2. The van der Waals surface area contributed by atoms with Crippen molar-refractivity contribution in [3.05, 3.63) is 24.1 Å². The number of halogens is 1. The van der Waals surface area contributed by atoms with Gasteiger partial charge in [0.1, 0.15) is 5.82 Å². The van der Waals surface area contributed by atoms with Crippen molar-refractivity contribution in [3.63, 3.8) is 0 Å². The van der Waals surface area contributed by atoms with Crippen LogP contribution >= 0.6 is 0 Å². The van der Waals surface area contributed by atoms with Gasteiger partial charge in [-0.3, -0.25) is 0 Å². The standard InChI is InChI=1S/C12H15FN2/c13-11-5-2-6-12(14-11)15-7-9-3-1-4-10(9)8-15/h2,5-6,9-10H,1,3-4,7-8H2. The number of anilines is 1. The lowest BCUT2D eigenvalue weighted by Crippen LogP contribution is -2.21. The third kappa shape index (κ3) is 1.60. The molecule has 0 radical (unpaired) electrons. The van der Waals surface area contributed by atoms with Crippen molar-refractivity contribution in [3.8, 4) is 0 Å². The van der Waals surface area contributed by atoms with Gasteiger partial charge in [0.15, 0.2) is 0 Å². The lowest BCUT2D eigenvalue weighted by molar-refractivity contribution is 0.494. The maximum atomic E-state index is 13.0. The van der Waals surface area contributed by atoms with E-state index in [1.54, 1.807) is 6.07 Å². The molecule has 2 heterocycles. The van der Waals surface area contributed by atoms with E-state index in [9.17, 15) is 4.39 Å². The molecule has 0 spiro atoms. The van der Waals surface area contributed by atoms with Gasteiger partial charge in [0.05, 0.1) is 0 Å². The van der Waals surface area contributed by atoms with Gasteiger partial charge in [-0.25, -0.2) is 4.98 Å². The minimum atomic E-state index is -0.371. The molecule has 2 fully saturated rings. The highest BCUT2D eigenvalue weighted by Gasteiger charge is 2.36. The minimum absolute atomic E-state index is 0.371.